The summed E-state index contributed by atoms with van der Waals surface area (Å²) in [7, 11) is 0. The van der Waals surface area contributed by atoms with E-state index >= 15 is 0 Å². The number of hydrogen-bond donors (Lipinski definition) is 2. The van der Waals surface area contributed by atoms with Gasteiger partial charge >= 0.3 is 12.1 Å². The van der Waals surface area contributed by atoms with Crippen molar-refractivity contribution in [2.45, 2.75) is 32.0 Å². The van der Waals surface area contributed by atoms with Crippen molar-refractivity contribution in [2.24, 2.45) is 5.41 Å². The number of amides is 4. The van der Waals surface area contributed by atoms with Gasteiger partial charge < -0.3 is 15.2 Å². The van der Waals surface area contributed by atoms with Gasteiger partial charge in [0.25, 0.3) is 29.1 Å². The van der Waals surface area contributed by atoms with Gasteiger partial charge in [0, 0.05) is 46.9 Å². The second-order valence-electron chi connectivity index (χ2n) is 11.9. The number of rotatable bonds is 12. The molecule has 3 aromatic carbocycles. The Morgan fingerprint density at radius 2 is 1.54 bits per heavy atom. The standard InChI is InChI=1S/C33H27N5O11S/c1-33(16-18-5-3-2-4-6-18)26-24(36-28(39)22-12-11-21(38(47)48)15-23(22)29(36)40)30(41)35(26)25(31(42)43)27(33)50-14-13-34-32(44)49-17-19-7-9-20(10-8-19)37(45)46/h2-12,15,24,26H,13-14,16-17H2,1H3,(H,34,44)(H,42,43)/t24-,26-,33-/m0/s1. The average Bonchev–Trinajstić information content (AvgIpc) is 3.46. The first-order valence-electron chi connectivity index (χ1n) is 15.1. The summed E-state index contributed by atoms with van der Waals surface area (Å²) in [5.41, 5.74) is -0.927. The summed E-state index contributed by atoms with van der Waals surface area (Å²) < 4.78 is 5.18. The van der Waals surface area contributed by atoms with Crippen molar-refractivity contribution in [1.82, 2.24) is 15.1 Å². The lowest BCUT2D eigenvalue weighted by Crippen LogP contribution is -2.73. The lowest BCUT2D eigenvalue weighted by atomic mass is 9.71. The second kappa shape index (κ2) is 13.1. The minimum Gasteiger partial charge on any atom is -0.477 e. The molecule has 3 aliphatic rings. The van der Waals surface area contributed by atoms with Gasteiger partial charge in [0.05, 0.1) is 27.0 Å². The van der Waals surface area contributed by atoms with Crippen LogP contribution in [0.3, 0.4) is 0 Å². The lowest BCUT2D eigenvalue weighted by Gasteiger charge is -2.51. The van der Waals surface area contributed by atoms with Crippen LogP contribution in [0.15, 0.2) is 83.4 Å². The molecule has 6 rings (SSSR count). The fourth-order valence-electron chi connectivity index (χ4n) is 6.59. The van der Waals surface area contributed by atoms with Crippen LogP contribution in [0.5, 0.6) is 0 Å². The molecule has 0 radical (unpaired) electrons. The van der Waals surface area contributed by atoms with Crippen LogP contribution < -0.4 is 5.32 Å². The number of β-lactam (4-membered cyclic amide) rings is 1. The average molecular weight is 702 g/mol. The van der Waals surface area contributed by atoms with Crippen molar-refractivity contribution in [2.75, 3.05) is 12.3 Å². The van der Waals surface area contributed by atoms with Gasteiger partial charge in [-0.2, -0.15) is 0 Å². The van der Waals surface area contributed by atoms with Crippen molar-refractivity contribution in [3.8, 4) is 0 Å². The van der Waals surface area contributed by atoms with Crippen LogP contribution in [0, 0.1) is 25.6 Å². The summed E-state index contributed by atoms with van der Waals surface area (Å²) >= 11 is 1.10. The molecule has 17 heteroatoms. The largest absolute Gasteiger partial charge is 0.477 e. The number of fused-ring (bicyclic) bond motifs is 2. The maximum Gasteiger partial charge on any atom is 0.407 e. The Bertz CT molecular complexity index is 2000. The summed E-state index contributed by atoms with van der Waals surface area (Å²) in [6, 6.07) is 15.4. The highest BCUT2D eigenvalue weighted by Crippen LogP contribution is 2.57. The highest BCUT2D eigenvalue weighted by molar-refractivity contribution is 8.03. The molecule has 0 saturated carbocycles. The number of nitro groups is 2. The summed E-state index contributed by atoms with van der Waals surface area (Å²) in [6.45, 7) is 1.64. The third-order valence-corrected chi connectivity index (χ3v) is 10.2. The number of alkyl carbamates (subject to hydrolysis) is 1. The molecule has 50 heavy (non-hydrogen) atoms. The number of thioether (sulfide) groups is 1. The molecule has 0 spiro atoms. The number of carboxylic acid groups (broad SMARTS) is 1. The molecule has 1 fully saturated rings. The van der Waals surface area contributed by atoms with Gasteiger partial charge in [0.2, 0.25) is 0 Å². The highest BCUT2D eigenvalue weighted by atomic mass is 32.2. The lowest BCUT2D eigenvalue weighted by molar-refractivity contribution is -0.385. The predicted molar refractivity (Wildman–Crippen MR) is 175 cm³/mol. The molecule has 256 valence electrons. The molecule has 0 unspecified atom stereocenters. The Hall–Kier alpha value is -6.10. The number of non-ortho nitro benzene ring substituents is 2. The molecule has 16 nitrogen and oxygen atoms in total. The number of benzene rings is 3. The van der Waals surface area contributed by atoms with Crippen LogP contribution >= 0.6 is 11.8 Å². The zero-order chi connectivity index (χ0) is 35.9. The maximum absolute atomic E-state index is 13.8. The smallest absolute Gasteiger partial charge is 0.407 e. The third-order valence-electron chi connectivity index (χ3n) is 8.84. The molecular weight excluding hydrogens is 674 g/mol. The van der Waals surface area contributed by atoms with Gasteiger partial charge in [0.1, 0.15) is 18.3 Å². The van der Waals surface area contributed by atoms with Crippen molar-refractivity contribution in [3.63, 3.8) is 0 Å². The quantitative estimate of drug-likeness (QED) is 0.0903. The summed E-state index contributed by atoms with van der Waals surface area (Å²) in [4.78, 5) is 89.1. The Balaban J connectivity index is 1.22. The highest BCUT2D eigenvalue weighted by Gasteiger charge is 2.68. The molecular formula is C33H27N5O11S. The third kappa shape index (κ3) is 5.80. The normalized spacial score (nSPS) is 20.7. The molecule has 3 aromatic rings. The SMILES string of the molecule is C[C@@]1(Cc2ccccc2)C(SCCNC(=O)OCc2ccc([N+](=O)[O-])cc2)=C(C(=O)O)N2C(=O)[C@@H](N3C(=O)c4ccc([N+](=O)[O-])cc4C3=O)[C@H]21. The van der Waals surface area contributed by atoms with Crippen molar-refractivity contribution >= 4 is 52.9 Å². The zero-order valence-electron chi connectivity index (χ0n) is 26.1. The van der Waals surface area contributed by atoms with E-state index in [0.29, 0.717) is 10.5 Å². The number of nitrogens with one attached hydrogen (secondary N) is 1. The Morgan fingerprint density at radius 3 is 2.18 bits per heavy atom. The zero-order valence-corrected chi connectivity index (χ0v) is 27.0. The van der Waals surface area contributed by atoms with E-state index in [-0.39, 0.29) is 47.8 Å². The first-order chi connectivity index (χ1) is 23.8. The molecule has 3 aliphatic heterocycles. The van der Waals surface area contributed by atoms with E-state index in [4.69, 9.17) is 4.74 Å². The maximum atomic E-state index is 13.8. The van der Waals surface area contributed by atoms with Crippen LogP contribution in [0.1, 0.15) is 38.8 Å². The number of nitrogens with zero attached hydrogens (tertiary/aromatic N) is 4. The monoisotopic (exact) mass is 701 g/mol. The molecule has 4 amide bonds. The minimum atomic E-state index is -1.39. The minimum absolute atomic E-state index is 0.0286. The van der Waals surface area contributed by atoms with E-state index in [9.17, 15) is 49.3 Å². The van der Waals surface area contributed by atoms with Crippen molar-refractivity contribution in [3.05, 3.63) is 126 Å². The van der Waals surface area contributed by atoms with E-state index in [0.717, 1.165) is 39.3 Å². The molecule has 0 bridgehead atoms. The number of carbonyl (C=O) groups is 5. The fraction of sp³-hybridized carbons (Fsp3) is 0.242. The van der Waals surface area contributed by atoms with Gasteiger partial charge in [0.15, 0.2) is 0 Å². The van der Waals surface area contributed by atoms with Gasteiger partial charge in [-0.25, -0.2) is 9.59 Å². The number of hydrogen-bond acceptors (Lipinski definition) is 11. The Labute approximate surface area is 287 Å². The van der Waals surface area contributed by atoms with Gasteiger partial charge in [-0.3, -0.25) is 44.4 Å². The van der Waals surface area contributed by atoms with Crippen molar-refractivity contribution < 1.29 is 43.7 Å². The number of ether oxygens (including phenoxy) is 1. The van der Waals surface area contributed by atoms with E-state index in [1.54, 1.807) is 25.1 Å². The molecule has 3 heterocycles. The van der Waals surface area contributed by atoms with Gasteiger partial charge in [-0.1, -0.05) is 37.3 Å². The molecule has 2 N–H and O–H groups in total. The van der Waals surface area contributed by atoms with E-state index in [1.807, 2.05) is 12.1 Å². The summed E-state index contributed by atoms with van der Waals surface area (Å²) in [5, 5.41) is 35.1. The first kappa shape index (κ1) is 33.8. The number of carbonyl (C=O) groups excluding carboxylic acids is 4. The van der Waals surface area contributed by atoms with Crippen LogP contribution in [0.4, 0.5) is 16.2 Å². The van der Waals surface area contributed by atoms with Crippen LogP contribution in [-0.2, 0) is 27.4 Å². The summed E-state index contributed by atoms with van der Waals surface area (Å²) in [5.74, 6) is -3.72. The molecule has 3 atom stereocenters. The summed E-state index contributed by atoms with van der Waals surface area (Å²) in [6.07, 6.45) is -0.558. The number of nitro benzene ring substituents is 2. The Kier molecular flexibility index (Phi) is 8.83. The van der Waals surface area contributed by atoms with Gasteiger partial charge in [-0.05, 0) is 35.7 Å². The van der Waals surface area contributed by atoms with E-state index in [1.165, 1.54) is 30.3 Å². The van der Waals surface area contributed by atoms with Crippen LogP contribution in [0.25, 0.3) is 0 Å². The Morgan fingerprint density at radius 1 is 0.900 bits per heavy atom. The predicted octanol–water partition coefficient (Wildman–Crippen LogP) is 3.90. The van der Waals surface area contributed by atoms with Crippen LogP contribution in [0.2, 0.25) is 0 Å². The fourth-order valence-corrected chi connectivity index (χ4v) is 7.85. The van der Waals surface area contributed by atoms with E-state index < -0.39 is 62.8 Å². The van der Waals surface area contributed by atoms with E-state index in [2.05, 4.69) is 5.32 Å². The molecule has 0 aromatic heterocycles. The first-order valence-corrected chi connectivity index (χ1v) is 16.1. The van der Waals surface area contributed by atoms with Gasteiger partial charge in [-0.15, -0.1) is 11.8 Å². The molecule has 0 aliphatic carbocycles. The number of aliphatic carboxylic acids is 1. The molecule has 1 saturated heterocycles. The van der Waals surface area contributed by atoms with Crippen molar-refractivity contribution in [1.29, 1.82) is 0 Å². The number of carboxylic acids is 1. The van der Waals surface area contributed by atoms with Crippen LogP contribution in [-0.4, -0.2) is 78.9 Å². The topological polar surface area (TPSA) is 220 Å². The number of imide groups is 1. The second-order valence-corrected chi connectivity index (χ2v) is 13.0.